The molecule has 0 aliphatic heterocycles. The maximum atomic E-state index is 15.0. The lowest BCUT2D eigenvalue weighted by Gasteiger charge is -2.32. The number of hydrogen-bond donors (Lipinski definition) is 1. The molecule has 3 rings (SSSR count). The van der Waals surface area contributed by atoms with Gasteiger partial charge in [0.05, 0.1) is 0 Å². The summed E-state index contributed by atoms with van der Waals surface area (Å²) in [5.74, 6) is -1.04. The molecule has 0 fully saturated rings. The molecule has 1 atom stereocenters. The first-order chi connectivity index (χ1) is 11.0. The molecule has 2 aromatic carbocycles. The molecule has 0 aliphatic rings. The van der Waals surface area contributed by atoms with E-state index in [0.29, 0.717) is 0 Å². The van der Waals surface area contributed by atoms with Crippen molar-refractivity contribution in [2.75, 3.05) is 0 Å². The van der Waals surface area contributed by atoms with Gasteiger partial charge in [-0.25, -0.2) is 22.8 Å². The van der Waals surface area contributed by atoms with E-state index in [1.54, 1.807) is 0 Å². The van der Waals surface area contributed by atoms with Crippen LogP contribution in [0.4, 0.5) is 13.2 Å². The van der Waals surface area contributed by atoms with Gasteiger partial charge < -0.3 is 5.11 Å². The van der Waals surface area contributed by atoms with Crippen molar-refractivity contribution in [1.82, 2.24) is 14.8 Å². The number of nitrogens with zero attached hydrogens (tertiary/aromatic N) is 3. The van der Waals surface area contributed by atoms with Crippen LogP contribution in [0.2, 0.25) is 0 Å². The molecular weight excluding hydrogens is 307 g/mol. The highest BCUT2D eigenvalue weighted by Crippen LogP contribution is 2.40. The first-order valence-electron chi connectivity index (χ1n) is 6.74. The summed E-state index contributed by atoms with van der Waals surface area (Å²) in [4.78, 5) is 3.65. The standard InChI is InChI=1S/C16H12F3N3O/c17-13-5-1-11(2-6-13)16(23,12-3-7-14(18)8-4-12)15(19)22-10-20-9-21-22/h1-10,15,23H. The summed E-state index contributed by atoms with van der Waals surface area (Å²) < 4.78 is 42.2. The van der Waals surface area contributed by atoms with Crippen LogP contribution in [0.25, 0.3) is 0 Å². The van der Waals surface area contributed by atoms with Gasteiger partial charge >= 0.3 is 0 Å². The quantitative estimate of drug-likeness (QED) is 0.804. The number of benzene rings is 2. The van der Waals surface area contributed by atoms with Gasteiger partial charge in [0, 0.05) is 0 Å². The van der Waals surface area contributed by atoms with Gasteiger partial charge in [-0.15, -0.1) is 0 Å². The molecule has 3 aromatic rings. The first kappa shape index (κ1) is 15.2. The Kier molecular flexibility index (Phi) is 3.87. The molecule has 1 heterocycles. The summed E-state index contributed by atoms with van der Waals surface area (Å²) in [7, 11) is 0. The van der Waals surface area contributed by atoms with Gasteiger partial charge in [-0.1, -0.05) is 24.3 Å². The Balaban J connectivity index is 2.16. The summed E-state index contributed by atoms with van der Waals surface area (Å²) in [5.41, 5.74) is -1.98. The lowest BCUT2D eigenvalue weighted by molar-refractivity contribution is -0.0484. The van der Waals surface area contributed by atoms with Crippen LogP contribution in [-0.2, 0) is 5.60 Å². The summed E-state index contributed by atoms with van der Waals surface area (Å²) >= 11 is 0. The SMILES string of the molecule is OC(c1ccc(F)cc1)(c1ccc(F)cc1)C(F)n1cncn1. The molecule has 118 valence electrons. The van der Waals surface area contributed by atoms with E-state index in [-0.39, 0.29) is 11.1 Å². The minimum Gasteiger partial charge on any atom is -0.375 e. The van der Waals surface area contributed by atoms with Crippen molar-refractivity contribution in [3.05, 3.63) is 83.9 Å². The number of alkyl halides is 1. The molecule has 0 bridgehead atoms. The molecule has 4 nitrogen and oxygen atoms in total. The molecule has 7 heteroatoms. The minimum atomic E-state index is -2.19. The van der Waals surface area contributed by atoms with E-state index in [4.69, 9.17) is 0 Å². The predicted octanol–water partition coefficient (Wildman–Crippen LogP) is 2.96. The van der Waals surface area contributed by atoms with Crippen molar-refractivity contribution in [1.29, 1.82) is 0 Å². The Labute approximate surface area is 129 Å². The average Bonchev–Trinajstić information content (AvgIpc) is 3.09. The van der Waals surface area contributed by atoms with E-state index in [9.17, 15) is 13.9 Å². The highest BCUT2D eigenvalue weighted by molar-refractivity contribution is 5.37. The number of rotatable bonds is 4. The van der Waals surface area contributed by atoms with Gasteiger partial charge in [0.1, 0.15) is 24.3 Å². The van der Waals surface area contributed by atoms with Crippen molar-refractivity contribution >= 4 is 0 Å². The zero-order chi connectivity index (χ0) is 16.4. The summed E-state index contributed by atoms with van der Waals surface area (Å²) in [6.07, 6.45) is 0.200. The van der Waals surface area contributed by atoms with Crippen LogP contribution in [0.3, 0.4) is 0 Å². The van der Waals surface area contributed by atoms with Crippen LogP contribution in [0.15, 0.2) is 61.2 Å². The first-order valence-corrected chi connectivity index (χ1v) is 6.74. The lowest BCUT2D eigenvalue weighted by atomic mass is 9.85. The number of hydrogen-bond acceptors (Lipinski definition) is 3. The van der Waals surface area contributed by atoms with E-state index in [2.05, 4.69) is 10.1 Å². The molecule has 0 amide bonds. The van der Waals surface area contributed by atoms with Crippen LogP contribution in [-0.4, -0.2) is 19.9 Å². The van der Waals surface area contributed by atoms with Gasteiger partial charge in [0.15, 0.2) is 5.60 Å². The maximum absolute atomic E-state index is 15.0. The van der Waals surface area contributed by atoms with Crippen molar-refractivity contribution < 1.29 is 18.3 Å². The summed E-state index contributed by atoms with van der Waals surface area (Å²) in [6.45, 7) is 0. The van der Waals surface area contributed by atoms with Crippen molar-refractivity contribution in [2.24, 2.45) is 0 Å². The Morgan fingerprint density at radius 1 is 0.913 bits per heavy atom. The molecule has 0 radical (unpaired) electrons. The van der Waals surface area contributed by atoms with Crippen LogP contribution in [0.5, 0.6) is 0 Å². The van der Waals surface area contributed by atoms with Gasteiger partial charge in [-0.05, 0) is 35.4 Å². The second-order valence-electron chi connectivity index (χ2n) is 4.99. The molecular formula is C16H12F3N3O. The van der Waals surface area contributed by atoms with Gasteiger partial charge in [0.25, 0.3) is 0 Å². The zero-order valence-corrected chi connectivity index (χ0v) is 11.8. The predicted molar refractivity (Wildman–Crippen MR) is 76.0 cm³/mol. The number of halogens is 3. The Hall–Kier alpha value is -2.67. The van der Waals surface area contributed by atoms with Crippen LogP contribution in [0.1, 0.15) is 17.4 Å². The highest BCUT2D eigenvalue weighted by atomic mass is 19.1. The Morgan fingerprint density at radius 3 is 1.78 bits per heavy atom. The fraction of sp³-hybridized carbons (Fsp3) is 0.125. The van der Waals surface area contributed by atoms with Crippen LogP contribution >= 0.6 is 0 Å². The van der Waals surface area contributed by atoms with E-state index in [1.807, 2.05) is 0 Å². The van der Waals surface area contributed by atoms with E-state index >= 15 is 4.39 Å². The topological polar surface area (TPSA) is 50.9 Å². The second-order valence-corrected chi connectivity index (χ2v) is 4.99. The van der Waals surface area contributed by atoms with Crippen molar-refractivity contribution in [2.45, 2.75) is 11.9 Å². The van der Waals surface area contributed by atoms with Crippen LogP contribution < -0.4 is 0 Å². The monoisotopic (exact) mass is 319 g/mol. The van der Waals surface area contributed by atoms with Crippen molar-refractivity contribution in [3.63, 3.8) is 0 Å². The Bertz CT molecular complexity index is 728. The lowest BCUT2D eigenvalue weighted by Crippen LogP contribution is -2.36. The van der Waals surface area contributed by atoms with E-state index in [1.165, 1.54) is 24.3 Å². The molecule has 0 saturated heterocycles. The average molecular weight is 319 g/mol. The van der Waals surface area contributed by atoms with Gasteiger partial charge in [-0.2, -0.15) is 5.10 Å². The molecule has 0 spiro atoms. The normalized spacial score (nSPS) is 13.0. The minimum absolute atomic E-state index is 0.105. The zero-order valence-electron chi connectivity index (χ0n) is 11.8. The number of aromatic nitrogens is 3. The third-order valence-corrected chi connectivity index (χ3v) is 3.58. The third kappa shape index (κ3) is 2.70. The fourth-order valence-corrected chi connectivity index (χ4v) is 2.38. The molecule has 23 heavy (non-hydrogen) atoms. The third-order valence-electron chi connectivity index (χ3n) is 3.58. The molecule has 0 saturated carbocycles. The van der Waals surface area contributed by atoms with Crippen molar-refractivity contribution in [3.8, 4) is 0 Å². The second kappa shape index (κ2) is 5.85. The summed E-state index contributed by atoms with van der Waals surface area (Å²) in [6, 6.07) is 9.50. The Morgan fingerprint density at radius 2 is 1.39 bits per heavy atom. The smallest absolute Gasteiger partial charge is 0.230 e. The summed E-state index contributed by atoms with van der Waals surface area (Å²) in [5, 5.41) is 14.8. The number of aliphatic hydroxyl groups is 1. The van der Waals surface area contributed by atoms with E-state index < -0.39 is 23.5 Å². The fourth-order valence-electron chi connectivity index (χ4n) is 2.38. The largest absolute Gasteiger partial charge is 0.375 e. The van der Waals surface area contributed by atoms with Gasteiger partial charge in [-0.3, -0.25) is 0 Å². The molecule has 1 N–H and O–H groups in total. The molecule has 0 aliphatic carbocycles. The van der Waals surface area contributed by atoms with E-state index in [0.717, 1.165) is 41.6 Å². The molecule has 1 aromatic heterocycles. The van der Waals surface area contributed by atoms with Crippen LogP contribution in [0, 0.1) is 11.6 Å². The van der Waals surface area contributed by atoms with Gasteiger partial charge in [0.2, 0.25) is 6.30 Å². The highest BCUT2D eigenvalue weighted by Gasteiger charge is 2.42. The maximum Gasteiger partial charge on any atom is 0.230 e. The molecule has 1 unspecified atom stereocenters.